The lowest BCUT2D eigenvalue weighted by Gasteiger charge is -2.02. The Morgan fingerprint density at radius 1 is 1.25 bits per heavy atom. The molecule has 0 saturated heterocycles. The van der Waals surface area contributed by atoms with Crippen LogP contribution in [0.4, 0.5) is 5.95 Å². The number of nitrogen functional groups attached to an aromatic ring is 1. The number of halogens is 1. The first-order valence-electron chi connectivity index (χ1n) is 5.74. The maximum Gasteiger partial charge on any atom is 0.266 e. The van der Waals surface area contributed by atoms with Crippen molar-refractivity contribution in [3.05, 3.63) is 35.7 Å². The largest absolute Gasteiger partial charge is 0.442 e. The second-order valence-corrected chi connectivity index (χ2v) is 4.58. The van der Waals surface area contributed by atoms with E-state index in [1.54, 1.807) is 18.2 Å². The Bertz CT molecular complexity index is 930. The van der Waals surface area contributed by atoms with Crippen molar-refractivity contribution in [3.8, 4) is 11.7 Å². The lowest BCUT2D eigenvalue weighted by molar-refractivity contribution is 0.569. The topological polar surface area (TPSA) is 95.1 Å². The van der Waals surface area contributed by atoms with E-state index in [2.05, 4.69) is 20.1 Å². The highest BCUT2D eigenvalue weighted by Gasteiger charge is 2.15. The number of oxazole rings is 1. The molecule has 0 aliphatic heterocycles. The first kappa shape index (κ1) is 11.2. The zero-order chi connectivity index (χ0) is 13.7. The monoisotopic (exact) mass is 286 g/mol. The lowest BCUT2D eigenvalue weighted by Crippen LogP contribution is -2.02. The van der Waals surface area contributed by atoms with Gasteiger partial charge in [-0.3, -0.25) is 0 Å². The Kier molecular flexibility index (Phi) is 2.19. The lowest BCUT2D eigenvalue weighted by atomic mass is 10.2. The molecule has 20 heavy (non-hydrogen) atoms. The zero-order valence-electron chi connectivity index (χ0n) is 9.99. The maximum atomic E-state index is 6.02. The number of benzene rings is 1. The zero-order valence-corrected chi connectivity index (χ0v) is 10.7. The summed E-state index contributed by atoms with van der Waals surface area (Å²) in [5.41, 5.74) is 7.15. The average molecular weight is 287 g/mol. The average Bonchev–Trinajstić information content (AvgIpc) is 3.08. The number of nitrogens with zero attached hydrogens (tertiary/aromatic N) is 5. The highest BCUT2D eigenvalue weighted by molar-refractivity contribution is 6.31. The molecule has 0 amide bonds. The predicted octanol–water partition coefficient (Wildman–Crippen LogP) is 2.17. The molecule has 4 aromatic rings. The maximum absolute atomic E-state index is 6.02. The fourth-order valence-corrected chi connectivity index (χ4v) is 2.20. The van der Waals surface area contributed by atoms with Crippen LogP contribution in [-0.4, -0.2) is 24.6 Å². The Hall–Kier alpha value is -2.67. The van der Waals surface area contributed by atoms with Gasteiger partial charge in [0.05, 0.1) is 11.7 Å². The molecule has 7 nitrogen and oxygen atoms in total. The summed E-state index contributed by atoms with van der Waals surface area (Å²) in [5.74, 6) is 0.902. The van der Waals surface area contributed by atoms with E-state index in [1.807, 2.05) is 0 Å². The third-order valence-corrected chi connectivity index (χ3v) is 3.12. The van der Waals surface area contributed by atoms with Crippen LogP contribution in [-0.2, 0) is 0 Å². The number of aromatic nitrogens is 5. The van der Waals surface area contributed by atoms with Crippen LogP contribution in [0.1, 0.15) is 0 Å². The van der Waals surface area contributed by atoms with Crippen molar-refractivity contribution in [1.29, 1.82) is 0 Å². The molecule has 0 aliphatic carbocycles. The van der Waals surface area contributed by atoms with E-state index in [0.29, 0.717) is 27.9 Å². The number of hydrogen-bond acceptors (Lipinski definition) is 6. The van der Waals surface area contributed by atoms with Gasteiger partial charge in [0.25, 0.3) is 5.89 Å². The molecule has 8 heteroatoms. The van der Waals surface area contributed by atoms with Gasteiger partial charge in [-0.25, -0.2) is 15.0 Å². The van der Waals surface area contributed by atoms with Gasteiger partial charge < -0.3 is 10.2 Å². The molecule has 4 rings (SSSR count). The number of nitrogens with two attached hydrogens (primary N) is 1. The van der Waals surface area contributed by atoms with Gasteiger partial charge in [-0.15, -0.1) is 5.10 Å². The number of anilines is 1. The van der Waals surface area contributed by atoms with Crippen molar-refractivity contribution < 1.29 is 4.42 Å². The van der Waals surface area contributed by atoms with E-state index in [1.165, 1.54) is 17.0 Å². The fourth-order valence-electron chi connectivity index (χ4n) is 2.03. The molecule has 0 atom stereocenters. The molecule has 0 aliphatic rings. The SMILES string of the molecule is Nc1nc2ccc(Cl)cc2c2nc(-c3ncco3)nn12. The minimum absolute atomic E-state index is 0.236. The van der Waals surface area contributed by atoms with Gasteiger partial charge in [0, 0.05) is 10.4 Å². The van der Waals surface area contributed by atoms with Gasteiger partial charge in [0.1, 0.15) is 6.26 Å². The van der Waals surface area contributed by atoms with Gasteiger partial charge in [-0.1, -0.05) is 11.6 Å². The molecular weight excluding hydrogens is 280 g/mol. The van der Waals surface area contributed by atoms with Crippen LogP contribution in [0.25, 0.3) is 28.3 Å². The minimum atomic E-state index is 0.236. The summed E-state index contributed by atoms with van der Waals surface area (Å²) in [7, 11) is 0. The molecule has 0 radical (unpaired) electrons. The molecule has 0 fully saturated rings. The standard InChI is InChI=1S/C12H7ClN6O/c13-6-1-2-8-7(5-6)10-17-9(11-15-3-4-20-11)18-19(10)12(14)16-8/h1-5H,(H2,14,16). The van der Waals surface area contributed by atoms with E-state index < -0.39 is 0 Å². The van der Waals surface area contributed by atoms with Crippen LogP contribution in [0.3, 0.4) is 0 Å². The van der Waals surface area contributed by atoms with E-state index in [4.69, 9.17) is 21.8 Å². The normalized spacial score (nSPS) is 11.4. The second-order valence-electron chi connectivity index (χ2n) is 4.14. The number of hydrogen-bond donors (Lipinski definition) is 1. The van der Waals surface area contributed by atoms with Crippen molar-refractivity contribution in [2.75, 3.05) is 5.73 Å². The Balaban J connectivity index is 2.12. The smallest absolute Gasteiger partial charge is 0.266 e. The van der Waals surface area contributed by atoms with Gasteiger partial charge in [-0.2, -0.15) is 4.52 Å². The molecule has 98 valence electrons. The molecular formula is C12H7ClN6O. The van der Waals surface area contributed by atoms with Gasteiger partial charge in [0.15, 0.2) is 5.65 Å². The van der Waals surface area contributed by atoms with Crippen molar-refractivity contribution >= 4 is 34.1 Å². The van der Waals surface area contributed by atoms with Crippen molar-refractivity contribution in [3.63, 3.8) is 0 Å². The molecule has 0 unspecified atom stereocenters. The second kappa shape index (κ2) is 3.91. The molecule has 3 aromatic heterocycles. The highest BCUT2D eigenvalue weighted by atomic mass is 35.5. The van der Waals surface area contributed by atoms with E-state index in [-0.39, 0.29) is 5.95 Å². The summed E-state index contributed by atoms with van der Waals surface area (Å²) in [6.07, 6.45) is 2.98. The van der Waals surface area contributed by atoms with E-state index in [9.17, 15) is 0 Å². The molecule has 0 bridgehead atoms. The summed E-state index contributed by atoms with van der Waals surface area (Å²) in [6.45, 7) is 0. The third kappa shape index (κ3) is 1.53. The quantitative estimate of drug-likeness (QED) is 0.576. The first-order chi connectivity index (χ1) is 9.72. The van der Waals surface area contributed by atoms with Crippen LogP contribution in [0.5, 0.6) is 0 Å². The van der Waals surface area contributed by atoms with Crippen LogP contribution < -0.4 is 5.73 Å². The summed E-state index contributed by atoms with van der Waals surface area (Å²) < 4.78 is 6.63. The number of rotatable bonds is 1. The third-order valence-electron chi connectivity index (χ3n) is 2.88. The van der Waals surface area contributed by atoms with Crippen molar-refractivity contribution in [2.45, 2.75) is 0 Å². The molecule has 2 N–H and O–H groups in total. The van der Waals surface area contributed by atoms with Crippen LogP contribution in [0, 0.1) is 0 Å². The minimum Gasteiger partial charge on any atom is -0.442 e. The highest BCUT2D eigenvalue weighted by Crippen LogP contribution is 2.24. The Morgan fingerprint density at radius 3 is 2.95 bits per heavy atom. The summed E-state index contributed by atoms with van der Waals surface area (Å²) in [4.78, 5) is 12.7. The van der Waals surface area contributed by atoms with Crippen LogP contribution >= 0.6 is 11.6 Å². The van der Waals surface area contributed by atoms with Crippen LogP contribution in [0.2, 0.25) is 5.02 Å². The summed E-state index contributed by atoms with van der Waals surface area (Å²) in [5, 5.41) is 5.60. The van der Waals surface area contributed by atoms with E-state index in [0.717, 1.165) is 5.39 Å². The molecule has 1 aromatic carbocycles. The number of fused-ring (bicyclic) bond motifs is 3. The van der Waals surface area contributed by atoms with Gasteiger partial charge in [-0.05, 0) is 18.2 Å². The van der Waals surface area contributed by atoms with E-state index >= 15 is 0 Å². The Morgan fingerprint density at radius 2 is 2.15 bits per heavy atom. The summed E-state index contributed by atoms with van der Waals surface area (Å²) >= 11 is 6.02. The first-order valence-corrected chi connectivity index (χ1v) is 6.11. The predicted molar refractivity (Wildman–Crippen MR) is 73.2 cm³/mol. The van der Waals surface area contributed by atoms with Gasteiger partial charge >= 0.3 is 0 Å². The van der Waals surface area contributed by atoms with Crippen molar-refractivity contribution in [2.24, 2.45) is 0 Å². The fraction of sp³-hybridized carbons (Fsp3) is 0. The van der Waals surface area contributed by atoms with Crippen molar-refractivity contribution in [1.82, 2.24) is 24.6 Å². The summed E-state index contributed by atoms with van der Waals surface area (Å²) in [6, 6.07) is 5.30. The van der Waals surface area contributed by atoms with Gasteiger partial charge in [0.2, 0.25) is 11.8 Å². The van der Waals surface area contributed by atoms with Crippen LogP contribution in [0.15, 0.2) is 35.1 Å². The Labute approximate surface area is 117 Å². The molecule has 0 spiro atoms. The molecule has 0 saturated carbocycles. The molecule has 3 heterocycles.